The van der Waals surface area contributed by atoms with Gasteiger partial charge in [0.25, 0.3) is 0 Å². The van der Waals surface area contributed by atoms with Crippen molar-refractivity contribution in [3.05, 3.63) is 49.1 Å². The Balaban J connectivity index is 2.83. The Kier molecular flexibility index (Phi) is 4.83. The fraction of sp³-hybridized carbons (Fsp3) is 0.0833. The molecule has 1 N–H and O–H groups in total. The van der Waals surface area contributed by atoms with Crippen LogP contribution in [0.5, 0.6) is 0 Å². The molecule has 19 heavy (non-hydrogen) atoms. The van der Waals surface area contributed by atoms with E-state index in [1.807, 2.05) is 0 Å². The van der Waals surface area contributed by atoms with Gasteiger partial charge in [0.05, 0.1) is 37.4 Å². The second-order valence-corrected chi connectivity index (χ2v) is 5.49. The first-order valence-electron chi connectivity index (χ1n) is 5.05. The van der Waals surface area contributed by atoms with Crippen LogP contribution in [0, 0.1) is 0 Å². The molecule has 0 fully saturated rings. The molecule has 0 unspecified atom stereocenters. The average molecular weight is 357 g/mol. The molecular formula is C12H6Cl5NO. The van der Waals surface area contributed by atoms with Gasteiger partial charge >= 0.3 is 0 Å². The van der Waals surface area contributed by atoms with Crippen LogP contribution in [0.15, 0.2) is 18.3 Å². The van der Waals surface area contributed by atoms with Gasteiger partial charge in [-0.3, -0.25) is 4.98 Å². The molecule has 0 aliphatic rings. The van der Waals surface area contributed by atoms with Gasteiger partial charge in [-0.15, -0.1) is 0 Å². The van der Waals surface area contributed by atoms with Crippen molar-refractivity contribution in [2.75, 3.05) is 0 Å². The first-order valence-corrected chi connectivity index (χ1v) is 6.94. The van der Waals surface area contributed by atoms with E-state index >= 15 is 0 Å². The number of nitrogens with zero attached hydrogens (tertiary/aromatic N) is 1. The van der Waals surface area contributed by atoms with E-state index in [-0.39, 0.29) is 31.7 Å². The Morgan fingerprint density at radius 3 is 1.95 bits per heavy atom. The summed E-state index contributed by atoms with van der Waals surface area (Å²) >= 11 is 30.3. The fourth-order valence-electron chi connectivity index (χ4n) is 1.63. The minimum absolute atomic E-state index is 0.0940. The van der Waals surface area contributed by atoms with E-state index in [1.165, 1.54) is 0 Å². The SMILES string of the molecule is OCc1ncccc1-c1c(Cl)c(Cl)c(Cl)c(Cl)c1Cl. The third-order valence-corrected chi connectivity index (χ3v) is 4.80. The predicted molar refractivity (Wildman–Crippen MR) is 80.6 cm³/mol. The third-order valence-electron chi connectivity index (χ3n) is 2.52. The smallest absolute Gasteiger partial charge is 0.0859 e. The summed E-state index contributed by atoms with van der Waals surface area (Å²) in [5.74, 6) is 0. The van der Waals surface area contributed by atoms with Gasteiger partial charge in [0.15, 0.2) is 0 Å². The average Bonchev–Trinajstić information content (AvgIpc) is 2.44. The van der Waals surface area contributed by atoms with E-state index in [9.17, 15) is 5.11 Å². The molecule has 2 nitrogen and oxygen atoms in total. The molecule has 0 atom stereocenters. The molecule has 0 bridgehead atoms. The van der Waals surface area contributed by atoms with Gasteiger partial charge in [-0.05, 0) is 6.07 Å². The molecule has 2 aromatic rings. The number of hydrogen-bond acceptors (Lipinski definition) is 2. The van der Waals surface area contributed by atoms with Crippen molar-refractivity contribution in [2.24, 2.45) is 0 Å². The predicted octanol–water partition coefficient (Wildman–Crippen LogP) is 5.51. The van der Waals surface area contributed by atoms with Gasteiger partial charge in [-0.1, -0.05) is 64.1 Å². The molecule has 0 aliphatic carbocycles. The zero-order valence-electron chi connectivity index (χ0n) is 9.22. The lowest BCUT2D eigenvalue weighted by molar-refractivity contribution is 0.277. The van der Waals surface area contributed by atoms with Gasteiger partial charge in [-0.25, -0.2) is 0 Å². The number of aliphatic hydroxyl groups excluding tert-OH is 1. The number of aliphatic hydroxyl groups is 1. The lowest BCUT2D eigenvalue weighted by Gasteiger charge is -2.14. The highest BCUT2D eigenvalue weighted by atomic mass is 35.5. The first-order chi connectivity index (χ1) is 8.99. The van der Waals surface area contributed by atoms with Crippen molar-refractivity contribution in [2.45, 2.75) is 6.61 Å². The zero-order chi connectivity index (χ0) is 14.2. The van der Waals surface area contributed by atoms with Gasteiger partial charge in [0.2, 0.25) is 0 Å². The van der Waals surface area contributed by atoms with Crippen LogP contribution in [0.2, 0.25) is 25.1 Å². The first kappa shape index (κ1) is 15.2. The summed E-state index contributed by atoms with van der Waals surface area (Å²) in [4.78, 5) is 4.05. The Morgan fingerprint density at radius 1 is 0.895 bits per heavy atom. The van der Waals surface area contributed by atoms with Crippen molar-refractivity contribution >= 4 is 58.0 Å². The van der Waals surface area contributed by atoms with E-state index in [4.69, 9.17) is 58.0 Å². The molecule has 100 valence electrons. The molecule has 0 saturated carbocycles. The van der Waals surface area contributed by atoms with Crippen LogP contribution in [0.1, 0.15) is 5.69 Å². The molecule has 0 radical (unpaired) electrons. The third kappa shape index (κ3) is 2.66. The summed E-state index contributed by atoms with van der Waals surface area (Å²) < 4.78 is 0. The van der Waals surface area contributed by atoms with Gasteiger partial charge in [-0.2, -0.15) is 0 Å². The maximum atomic E-state index is 9.31. The number of benzene rings is 1. The van der Waals surface area contributed by atoms with E-state index in [0.717, 1.165) is 0 Å². The Morgan fingerprint density at radius 2 is 1.42 bits per heavy atom. The lowest BCUT2D eigenvalue weighted by atomic mass is 10.0. The molecule has 0 spiro atoms. The molecule has 0 aliphatic heterocycles. The molecule has 7 heteroatoms. The van der Waals surface area contributed by atoms with Crippen LogP contribution in [0.4, 0.5) is 0 Å². The monoisotopic (exact) mass is 355 g/mol. The second kappa shape index (κ2) is 6.04. The maximum Gasteiger partial charge on any atom is 0.0859 e. The number of aromatic nitrogens is 1. The van der Waals surface area contributed by atoms with Gasteiger partial charge in [0, 0.05) is 17.3 Å². The Bertz CT molecular complexity index is 615. The van der Waals surface area contributed by atoms with Crippen molar-refractivity contribution in [1.29, 1.82) is 0 Å². The summed E-state index contributed by atoms with van der Waals surface area (Å²) in [5.41, 5.74) is 1.38. The maximum absolute atomic E-state index is 9.31. The van der Waals surface area contributed by atoms with Crippen LogP contribution in [-0.4, -0.2) is 10.1 Å². The van der Waals surface area contributed by atoms with E-state index in [1.54, 1.807) is 18.3 Å². The van der Waals surface area contributed by atoms with Crippen LogP contribution in [-0.2, 0) is 6.61 Å². The minimum atomic E-state index is -0.263. The highest BCUT2D eigenvalue weighted by Gasteiger charge is 2.22. The fourth-order valence-corrected chi connectivity index (χ4v) is 2.97. The van der Waals surface area contributed by atoms with Crippen LogP contribution >= 0.6 is 58.0 Å². The van der Waals surface area contributed by atoms with Crippen molar-refractivity contribution in [3.63, 3.8) is 0 Å². The van der Waals surface area contributed by atoms with Crippen LogP contribution in [0.25, 0.3) is 11.1 Å². The number of rotatable bonds is 2. The van der Waals surface area contributed by atoms with Gasteiger partial charge in [0.1, 0.15) is 0 Å². The molecule has 1 heterocycles. The Hall–Kier alpha value is -0.220. The largest absolute Gasteiger partial charge is 0.390 e. The van der Waals surface area contributed by atoms with Gasteiger partial charge < -0.3 is 5.11 Å². The number of pyridine rings is 1. The normalized spacial score (nSPS) is 10.8. The highest BCUT2D eigenvalue weighted by molar-refractivity contribution is 6.56. The quantitative estimate of drug-likeness (QED) is 0.568. The molecular weight excluding hydrogens is 351 g/mol. The van der Waals surface area contributed by atoms with E-state index in [0.29, 0.717) is 16.8 Å². The summed E-state index contributed by atoms with van der Waals surface area (Å²) in [6.07, 6.45) is 1.55. The zero-order valence-corrected chi connectivity index (χ0v) is 13.0. The van der Waals surface area contributed by atoms with Crippen LogP contribution in [0.3, 0.4) is 0 Å². The lowest BCUT2D eigenvalue weighted by Crippen LogP contribution is -1.95. The van der Waals surface area contributed by atoms with Crippen LogP contribution < -0.4 is 0 Å². The molecule has 1 aromatic carbocycles. The Labute approximate surface area is 134 Å². The molecule has 1 aromatic heterocycles. The van der Waals surface area contributed by atoms with Crippen molar-refractivity contribution in [3.8, 4) is 11.1 Å². The minimum Gasteiger partial charge on any atom is -0.390 e. The van der Waals surface area contributed by atoms with E-state index < -0.39 is 0 Å². The van der Waals surface area contributed by atoms with Crippen molar-refractivity contribution in [1.82, 2.24) is 4.98 Å². The molecule has 2 rings (SSSR count). The summed E-state index contributed by atoms with van der Waals surface area (Å²) in [6, 6.07) is 3.41. The van der Waals surface area contributed by atoms with Crippen molar-refractivity contribution < 1.29 is 5.11 Å². The molecule has 0 saturated heterocycles. The highest BCUT2D eigenvalue weighted by Crippen LogP contribution is 2.48. The van der Waals surface area contributed by atoms with E-state index in [2.05, 4.69) is 4.98 Å². The topological polar surface area (TPSA) is 33.1 Å². The summed E-state index contributed by atoms with van der Waals surface area (Å²) in [7, 11) is 0. The number of halogens is 5. The number of hydrogen-bond donors (Lipinski definition) is 1. The summed E-state index contributed by atoms with van der Waals surface area (Å²) in [5, 5.41) is 9.97. The standard InChI is InChI=1S/C12H6Cl5NO/c13-8-7(5-2-1-3-18-6(5)4-19)9(14)11(16)12(17)10(8)15/h1-3,19H,4H2. The summed E-state index contributed by atoms with van der Waals surface area (Å²) in [6.45, 7) is -0.263. The second-order valence-electron chi connectivity index (χ2n) is 3.60. The molecule has 0 amide bonds.